The van der Waals surface area contributed by atoms with Crippen molar-refractivity contribution < 1.29 is 22.2 Å². The van der Waals surface area contributed by atoms with E-state index in [-0.39, 0.29) is 9.90 Å². The average Bonchev–Trinajstić information content (AvgIpc) is 1.68. The molecule has 0 heterocycles. The molecule has 7 heteroatoms. The first-order valence-corrected chi connectivity index (χ1v) is 2.59. The SMILES string of the molecule is COS(=O)(=O)OO.P. The highest BCUT2D eigenvalue weighted by atomic mass is 32.3. The second-order valence-electron chi connectivity index (χ2n) is 0.649. The van der Waals surface area contributed by atoms with E-state index in [1.807, 2.05) is 0 Å². The molecule has 8 heavy (non-hydrogen) atoms. The van der Waals surface area contributed by atoms with Gasteiger partial charge in [-0.2, -0.15) is 18.3 Å². The fourth-order valence-corrected chi connectivity index (χ4v) is 0.0913. The van der Waals surface area contributed by atoms with Crippen LogP contribution in [0.15, 0.2) is 0 Å². The minimum atomic E-state index is -4.10. The maximum Gasteiger partial charge on any atom is 0.426 e. The molecule has 1 atom stereocenters. The molecule has 0 aromatic rings. The van der Waals surface area contributed by atoms with Gasteiger partial charge in [-0.05, 0) is 0 Å². The zero-order valence-electron chi connectivity index (χ0n) is 4.20. The van der Waals surface area contributed by atoms with Gasteiger partial charge in [0.25, 0.3) is 0 Å². The van der Waals surface area contributed by atoms with Crippen molar-refractivity contribution in [3.63, 3.8) is 0 Å². The van der Waals surface area contributed by atoms with Gasteiger partial charge in [-0.15, -0.1) is 0 Å². The summed E-state index contributed by atoms with van der Waals surface area (Å²) in [4.78, 5) is 0. The van der Waals surface area contributed by atoms with Crippen LogP contribution in [0, 0.1) is 0 Å². The third-order valence-electron chi connectivity index (χ3n) is 0.295. The van der Waals surface area contributed by atoms with Crippen LogP contribution >= 0.6 is 9.90 Å². The standard InChI is InChI=1S/CH4O5S.H3P/c1-5-7(3,4)6-2;/h2H,1H3;1H3. The zero-order chi connectivity index (χ0) is 5.91. The summed E-state index contributed by atoms with van der Waals surface area (Å²) in [5, 5.41) is 7.38. The first-order valence-electron chi connectivity index (χ1n) is 1.26. The summed E-state index contributed by atoms with van der Waals surface area (Å²) >= 11 is 0. The van der Waals surface area contributed by atoms with Crippen molar-refractivity contribution in [2.45, 2.75) is 0 Å². The molecule has 0 aromatic carbocycles. The van der Waals surface area contributed by atoms with E-state index < -0.39 is 10.4 Å². The molecular weight excluding hydrogens is 155 g/mol. The summed E-state index contributed by atoms with van der Waals surface area (Å²) in [6.07, 6.45) is 0. The van der Waals surface area contributed by atoms with Gasteiger partial charge in [0.15, 0.2) is 0 Å². The Balaban J connectivity index is 0. The third-order valence-corrected chi connectivity index (χ3v) is 0.886. The van der Waals surface area contributed by atoms with Crippen LogP contribution in [0.1, 0.15) is 0 Å². The molecule has 0 aromatic heterocycles. The summed E-state index contributed by atoms with van der Waals surface area (Å²) in [5.74, 6) is 0. The molecule has 1 N–H and O–H groups in total. The highest BCUT2D eigenvalue weighted by Gasteiger charge is 2.04. The molecule has 0 rings (SSSR count). The van der Waals surface area contributed by atoms with Gasteiger partial charge in [-0.1, -0.05) is 4.33 Å². The van der Waals surface area contributed by atoms with Gasteiger partial charge in [0, 0.05) is 0 Å². The van der Waals surface area contributed by atoms with Crippen LogP contribution in [0.5, 0.6) is 0 Å². The van der Waals surface area contributed by atoms with Crippen LogP contribution in [0.4, 0.5) is 0 Å². The van der Waals surface area contributed by atoms with Crippen LogP contribution in [-0.2, 0) is 18.9 Å². The average molecular weight is 162 g/mol. The Labute approximate surface area is 50.5 Å². The van der Waals surface area contributed by atoms with Crippen molar-refractivity contribution in [3.8, 4) is 0 Å². The smallest absolute Gasteiger partial charge is 0.250 e. The molecule has 5 nitrogen and oxygen atoms in total. The van der Waals surface area contributed by atoms with Gasteiger partial charge in [0.05, 0.1) is 7.11 Å². The monoisotopic (exact) mass is 162 g/mol. The molecule has 0 spiro atoms. The lowest BCUT2D eigenvalue weighted by atomic mass is 11.8. The van der Waals surface area contributed by atoms with E-state index in [4.69, 9.17) is 5.26 Å². The summed E-state index contributed by atoms with van der Waals surface area (Å²) in [7, 11) is -3.24. The van der Waals surface area contributed by atoms with E-state index in [0.717, 1.165) is 7.11 Å². The first-order chi connectivity index (χ1) is 3.12. The van der Waals surface area contributed by atoms with Crippen LogP contribution < -0.4 is 0 Å². The second kappa shape index (κ2) is 4.17. The molecule has 0 bridgehead atoms. The van der Waals surface area contributed by atoms with E-state index in [9.17, 15) is 8.42 Å². The van der Waals surface area contributed by atoms with Crippen molar-refractivity contribution in [2.24, 2.45) is 0 Å². The van der Waals surface area contributed by atoms with Gasteiger partial charge in [-0.3, -0.25) is 0 Å². The molecule has 0 radical (unpaired) electrons. The van der Waals surface area contributed by atoms with Gasteiger partial charge in [0.2, 0.25) is 0 Å². The van der Waals surface area contributed by atoms with E-state index >= 15 is 0 Å². The van der Waals surface area contributed by atoms with Gasteiger partial charge in [-0.25, -0.2) is 9.44 Å². The molecule has 0 fully saturated rings. The predicted octanol–water partition coefficient (Wildman–Crippen LogP) is -0.575. The van der Waals surface area contributed by atoms with Crippen LogP contribution in [0.25, 0.3) is 0 Å². The number of hydrogen-bond acceptors (Lipinski definition) is 5. The fourth-order valence-electron chi connectivity index (χ4n) is 0.0304. The molecule has 0 saturated heterocycles. The van der Waals surface area contributed by atoms with Crippen LogP contribution in [0.2, 0.25) is 0 Å². The Morgan fingerprint density at radius 3 is 1.88 bits per heavy atom. The van der Waals surface area contributed by atoms with Gasteiger partial charge < -0.3 is 0 Å². The highest BCUT2D eigenvalue weighted by Crippen LogP contribution is 1.85. The minimum absolute atomic E-state index is 0. The van der Waals surface area contributed by atoms with Crippen LogP contribution in [0.3, 0.4) is 0 Å². The minimum Gasteiger partial charge on any atom is -0.250 e. The van der Waals surface area contributed by atoms with E-state index in [1.165, 1.54) is 0 Å². The van der Waals surface area contributed by atoms with Crippen LogP contribution in [-0.4, -0.2) is 20.8 Å². The Hall–Kier alpha value is 0.260. The number of hydrogen-bond donors (Lipinski definition) is 1. The van der Waals surface area contributed by atoms with Gasteiger partial charge >= 0.3 is 10.4 Å². The fraction of sp³-hybridized carbons (Fsp3) is 1.00. The van der Waals surface area contributed by atoms with Crippen molar-refractivity contribution in [1.82, 2.24) is 0 Å². The molecule has 52 valence electrons. The number of rotatable bonds is 2. The molecule has 1 unspecified atom stereocenters. The normalized spacial score (nSPS) is 10.2. The molecular formula is CH7O5PS. The first kappa shape index (κ1) is 11.1. The van der Waals surface area contributed by atoms with E-state index in [1.54, 1.807) is 0 Å². The Morgan fingerprint density at radius 1 is 1.50 bits per heavy atom. The van der Waals surface area contributed by atoms with Crippen molar-refractivity contribution in [2.75, 3.05) is 7.11 Å². The summed E-state index contributed by atoms with van der Waals surface area (Å²) < 4.78 is 25.8. The Kier molecular flexibility index (Phi) is 5.79. The highest BCUT2D eigenvalue weighted by molar-refractivity contribution is 7.81. The second-order valence-corrected chi connectivity index (χ2v) is 1.95. The van der Waals surface area contributed by atoms with Crippen molar-refractivity contribution >= 4 is 20.3 Å². The molecule has 0 aliphatic heterocycles. The van der Waals surface area contributed by atoms with Gasteiger partial charge in [0.1, 0.15) is 0 Å². The Bertz CT molecular complexity index is 115. The maximum atomic E-state index is 9.67. The summed E-state index contributed by atoms with van der Waals surface area (Å²) in [6, 6.07) is 0. The zero-order valence-corrected chi connectivity index (χ0v) is 6.43. The maximum absolute atomic E-state index is 9.67. The molecule has 0 aliphatic carbocycles. The Morgan fingerprint density at radius 2 is 1.88 bits per heavy atom. The largest absolute Gasteiger partial charge is 0.426 e. The predicted molar refractivity (Wildman–Crippen MR) is 30.7 cm³/mol. The summed E-state index contributed by atoms with van der Waals surface area (Å²) in [5.41, 5.74) is 0. The quantitative estimate of drug-likeness (QED) is 0.334. The van der Waals surface area contributed by atoms with E-state index in [2.05, 4.69) is 8.52 Å². The van der Waals surface area contributed by atoms with Crippen molar-refractivity contribution in [3.05, 3.63) is 0 Å². The van der Waals surface area contributed by atoms with E-state index in [0.29, 0.717) is 0 Å². The molecule has 0 amide bonds. The van der Waals surface area contributed by atoms with Crippen molar-refractivity contribution in [1.29, 1.82) is 0 Å². The topological polar surface area (TPSA) is 72.8 Å². The lowest BCUT2D eigenvalue weighted by Gasteiger charge is -1.88. The third kappa shape index (κ3) is 4.42. The lowest BCUT2D eigenvalue weighted by Crippen LogP contribution is -2.03. The summed E-state index contributed by atoms with van der Waals surface area (Å²) in [6.45, 7) is 0. The molecule has 0 saturated carbocycles. The lowest BCUT2D eigenvalue weighted by molar-refractivity contribution is -0.141. The molecule has 0 aliphatic rings.